The van der Waals surface area contributed by atoms with Gasteiger partial charge in [-0.25, -0.2) is 0 Å². The van der Waals surface area contributed by atoms with Crippen LogP contribution in [0.4, 0.5) is 0 Å². The van der Waals surface area contributed by atoms with Gasteiger partial charge in [-0.05, 0) is 24.0 Å². The van der Waals surface area contributed by atoms with Crippen LogP contribution < -0.4 is 0 Å². The molecule has 82 valence electrons. The van der Waals surface area contributed by atoms with E-state index in [0.717, 1.165) is 19.5 Å². The second-order valence-corrected chi connectivity index (χ2v) is 4.91. The molecule has 1 heterocycles. The van der Waals surface area contributed by atoms with Crippen molar-refractivity contribution in [3.63, 3.8) is 0 Å². The number of rotatable bonds is 1. The van der Waals surface area contributed by atoms with Gasteiger partial charge in [-0.1, -0.05) is 30.7 Å². The van der Waals surface area contributed by atoms with Gasteiger partial charge in [0, 0.05) is 19.1 Å². The average Bonchev–Trinajstić information content (AvgIpc) is 2.94. The predicted molar refractivity (Wildman–Crippen MR) is 62.4 cm³/mol. The lowest BCUT2D eigenvalue weighted by molar-refractivity contribution is 0.180. The molecule has 0 spiro atoms. The van der Waals surface area contributed by atoms with Gasteiger partial charge in [0.15, 0.2) is 0 Å². The Morgan fingerprint density at radius 3 is 2.44 bits per heavy atom. The number of hydrogen-bond donors (Lipinski definition) is 0. The fourth-order valence-corrected chi connectivity index (χ4v) is 3.12. The van der Waals surface area contributed by atoms with Crippen molar-refractivity contribution in [2.24, 2.45) is 5.92 Å². The standard InChI is InChI=1S/C14H16N2/c15-8-11-6-3-7-14(11)16-9-12-4-1-2-5-13(12)10-16/h1-2,4-5,11,14H,3,6-7,9-10H2. The van der Waals surface area contributed by atoms with Gasteiger partial charge in [0.1, 0.15) is 0 Å². The first-order valence-electron chi connectivity index (χ1n) is 6.09. The Hall–Kier alpha value is -1.33. The highest BCUT2D eigenvalue weighted by Gasteiger charge is 2.34. The summed E-state index contributed by atoms with van der Waals surface area (Å²) in [6.45, 7) is 2.08. The molecule has 0 bridgehead atoms. The Labute approximate surface area is 96.5 Å². The number of nitriles is 1. The van der Waals surface area contributed by atoms with Crippen LogP contribution in [0.15, 0.2) is 24.3 Å². The van der Waals surface area contributed by atoms with Crippen molar-refractivity contribution in [1.82, 2.24) is 4.90 Å². The molecule has 2 heteroatoms. The fraction of sp³-hybridized carbons (Fsp3) is 0.500. The average molecular weight is 212 g/mol. The summed E-state index contributed by atoms with van der Waals surface area (Å²) in [5.74, 6) is 0.259. The summed E-state index contributed by atoms with van der Waals surface area (Å²) in [4.78, 5) is 2.49. The molecule has 0 saturated heterocycles. The minimum Gasteiger partial charge on any atom is -0.291 e. The van der Waals surface area contributed by atoms with Crippen molar-refractivity contribution in [2.75, 3.05) is 0 Å². The molecule has 0 radical (unpaired) electrons. The first kappa shape index (κ1) is 9.86. The molecule has 1 fully saturated rings. The van der Waals surface area contributed by atoms with Gasteiger partial charge < -0.3 is 0 Å². The zero-order valence-electron chi connectivity index (χ0n) is 9.39. The smallest absolute Gasteiger partial charge is 0.0672 e. The SMILES string of the molecule is N#CC1CCCC1N1Cc2ccccc2C1. The second kappa shape index (κ2) is 3.92. The van der Waals surface area contributed by atoms with Crippen molar-refractivity contribution < 1.29 is 0 Å². The minimum absolute atomic E-state index is 0.259. The van der Waals surface area contributed by atoms with Crippen LogP contribution in [0.5, 0.6) is 0 Å². The number of nitrogens with zero attached hydrogens (tertiary/aromatic N) is 2. The molecule has 2 unspecified atom stereocenters. The highest BCUT2D eigenvalue weighted by Crippen LogP contribution is 2.34. The van der Waals surface area contributed by atoms with E-state index in [4.69, 9.17) is 5.26 Å². The molecule has 1 aromatic rings. The first-order valence-corrected chi connectivity index (χ1v) is 6.09. The van der Waals surface area contributed by atoms with Crippen molar-refractivity contribution in [2.45, 2.75) is 38.4 Å². The van der Waals surface area contributed by atoms with E-state index < -0.39 is 0 Å². The van der Waals surface area contributed by atoms with Crippen LogP contribution in [-0.2, 0) is 13.1 Å². The maximum atomic E-state index is 9.14. The Bertz CT molecular complexity index is 408. The Kier molecular flexibility index (Phi) is 2.41. The molecular weight excluding hydrogens is 196 g/mol. The van der Waals surface area contributed by atoms with Gasteiger partial charge in [-0.2, -0.15) is 5.26 Å². The number of benzene rings is 1. The zero-order chi connectivity index (χ0) is 11.0. The predicted octanol–water partition coefficient (Wildman–Crippen LogP) is 2.69. The van der Waals surface area contributed by atoms with Gasteiger partial charge >= 0.3 is 0 Å². The summed E-state index contributed by atoms with van der Waals surface area (Å²) in [6, 6.07) is 11.6. The zero-order valence-corrected chi connectivity index (χ0v) is 9.39. The first-order chi connectivity index (χ1) is 7.88. The fourth-order valence-electron chi connectivity index (χ4n) is 3.12. The molecular formula is C14H16N2. The maximum absolute atomic E-state index is 9.14. The Morgan fingerprint density at radius 2 is 1.81 bits per heavy atom. The minimum atomic E-state index is 0.259. The molecule has 0 N–H and O–H groups in total. The van der Waals surface area contributed by atoms with Crippen LogP contribution in [0, 0.1) is 17.2 Å². The third-order valence-electron chi connectivity index (χ3n) is 3.98. The van der Waals surface area contributed by atoms with Crippen molar-refractivity contribution >= 4 is 0 Å². The van der Waals surface area contributed by atoms with Gasteiger partial charge in [-0.3, -0.25) is 4.90 Å². The highest BCUT2D eigenvalue weighted by atomic mass is 15.2. The van der Waals surface area contributed by atoms with E-state index in [1.54, 1.807) is 0 Å². The third-order valence-corrected chi connectivity index (χ3v) is 3.98. The maximum Gasteiger partial charge on any atom is 0.0672 e. The summed E-state index contributed by atoms with van der Waals surface area (Å²) in [5.41, 5.74) is 2.90. The molecule has 1 saturated carbocycles. The van der Waals surface area contributed by atoms with E-state index in [-0.39, 0.29) is 5.92 Å². The number of fused-ring (bicyclic) bond motifs is 1. The summed E-state index contributed by atoms with van der Waals surface area (Å²) in [5, 5.41) is 9.14. The normalized spacial score (nSPS) is 28.9. The van der Waals surface area contributed by atoms with Crippen molar-refractivity contribution in [3.8, 4) is 6.07 Å². The summed E-state index contributed by atoms with van der Waals surface area (Å²) < 4.78 is 0. The lowest BCUT2D eigenvalue weighted by Gasteiger charge is -2.25. The quantitative estimate of drug-likeness (QED) is 0.715. The van der Waals surface area contributed by atoms with Gasteiger partial charge in [0.05, 0.1) is 12.0 Å². The second-order valence-electron chi connectivity index (χ2n) is 4.91. The van der Waals surface area contributed by atoms with Crippen molar-refractivity contribution in [3.05, 3.63) is 35.4 Å². The Balaban J connectivity index is 1.79. The van der Waals surface area contributed by atoms with Crippen LogP contribution in [0.1, 0.15) is 30.4 Å². The summed E-state index contributed by atoms with van der Waals surface area (Å²) in [6.07, 6.45) is 3.51. The lowest BCUT2D eigenvalue weighted by Crippen LogP contribution is -2.33. The summed E-state index contributed by atoms with van der Waals surface area (Å²) in [7, 11) is 0. The monoisotopic (exact) mass is 212 g/mol. The van der Waals surface area contributed by atoms with Crippen molar-refractivity contribution in [1.29, 1.82) is 5.26 Å². The molecule has 0 amide bonds. The van der Waals surface area contributed by atoms with Crippen LogP contribution >= 0.6 is 0 Å². The molecule has 2 aliphatic rings. The van der Waals surface area contributed by atoms with E-state index in [2.05, 4.69) is 35.2 Å². The molecule has 0 aromatic heterocycles. The summed E-state index contributed by atoms with van der Waals surface area (Å²) >= 11 is 0. The van der Waals surface area contributed by atoms with E-state index in [1.807, 2.05) is 0 Å². The highest BCUT2D eigenvalue weighted by molar-refractivity contribution is 5.30. The van der Waals surface area contributed by atoms with Crippen LogP contribution in [0.25, 0.3) is 0 Å². The Morgan fingerprint density at radius 1 is 1.12 bits per heavy atom. The van der Waals surface area contributed by atoms with Crippen LogP contribution in [0.2, 0.25) is 0 Å². The lowest BCUT2D eigenvalue weighted by atomic mass is 10.0. The third kappa shape index (κ3) is 1.52. The van der Waals surface area contributed by atoms with Gasteiger partial charge in [-0.15, -0.1) is 0 Å². The van der Waals surface area contributed by atoms with Crippen LogP contribution in [0.3, 0.4) is 0 Å². The largest absolute Gasteiger partial charge is 0.291 e. The van der Waals surface area contributed by atoms with Gasteiger partial charge in [0.25, 0.3) is 0 Å². The molecule has 1 aliphatic heterocycles. The molecule has 16 heavy (non-hydrogen) atoms. The molecule has 2 atom stereocenters. The topological polar surface area (TPSA) is 27.0 Å². The molecule has 1 aromatic carbocycles. The van der Waals surface area contributed by atoms with E-state index in [1.165, 1.54) is 24.0 Å². The van der Waals surface area contributed by atoms with Gasteiger partial charge in [0.2, 0.25) is 0 Å². The van der Waals surface area contributed by atoms with E-state index in [9.17, 15) is 0 Å². The molecule has 1 aliphatic carbocycles. The number of hydrogen-bond acceptors (Lipinski definition) is 2. The van der Waals surface area contributed by atoms with E-state index in [0.29, 0.717) is 6.04 Å². The molecule has 3 rings (SSSR count). The van der Waals surface area contributed by atoms with Crippen LogP contribution in [-0.4, -0.2) is 10.9 Å². The van der Waals surface area contributed by atoms with E-state index >= 15 is 0 Å². The molecule has 2 nitrogen and oxygen atoms in total.